The van der Waals surface area contributed by atoms with Crippen molar-refractivity contribution >= 4 is 55.5 Å². The number of carbonyl (C=O) groups excluding carboxylic acids is 3. The summed E-state index contributed by atoms with van der Waals surface area (Å²) in [7, 11) is -0.935. The summed E-state index contributed by atoms with van der Waals surface area (Å²) in [5.41, 5.74) is 8.55. The van der Waals surface area contributed by atoms with Crippen molar-refractivity contribution in [3.8, 4) is 17.2 Å². The van der Waals surface area contributed by atoms with Gasteiger partial charge in [-0.1, -0.05) is 25.0 Å². The highest BCUT2D eigenvalue weighted by Gasteiger charge is 2.26. The topological polar surface area (TPSA) is 223 Å². The van der Waals surface area contributed by atoms with Crippen LogP contribution in [0.4, 0.5) is 17.1 Å². The number of phenols is 1. The molecule has 1 atom stereocenters. The van der Waals surface area contributed by atoms with E-state index < -0.39 is 21.8 Å². The van der Waals surface area contributed by atoms with Gasteiger partial charge in [0.15, 0.2) is 12.4 Å². The molecule has 0 spiro atoms. The molecule has 1 aliphatic rings. The molecule has 4 aromatic carbocycles. The Balaban J connectivity index is 1.05. The third kappa shape index (κ3) is 9.15. The number of ether oxygens (including phenoxy) is 2. The molecule has 58 heavy (non-hydrogen) atoms. The number of phenolic OH excluding ortho intramolecular Hbond substituents is 1. The Morgan fingerprint density at radius 1 is 1.03 bits per heavy atom. The van der Waals surface area contributed by atoms with Crippen LogP contribution in [0, 0.1) is 6.92 Å². The summed E-state index contributed by atoms with van der Waals surface area (Å²) < 4.78 is 39.1. The number of benzene rings is 4. The average Bonchev–Trinajstić information content (AvgIpc) is 3.21. The lowest BCUT2D eigenvalue weighted by Gasteiger charge is -2.24. The van der Waals surface area contributed by atoms with Gasteiger partial charge in [-0.2, -0.15) is 0 Å². The van der Waals surface area contributed by atoms with Crippen LogP contribution >= 0.6 is 0 Å². The largest absolute Gasteiger partial charge is 0.506 e. The Hall–Kier alpha value is -6.23. The molecule has 16 heteroatoms. The van der Waals surface area contributed by atoms with Gasteiger partial charge < -0.3 is 46.3 Å². The Labute approximate surface area is 336 Å². The summed E-state index contributed by atoms with van der Waals surface area (Å²) in [5.74, 6) is -0.749. The normalized spacial score (nSPS) is 12.9. The van der Waals surface area contributed by atoms with Crippen molar-refractivity contribution in [3.05, 3.63) is 101 Å². The monoisotopic (exact) mass is 810 g/mol. The van der Waals surface area contributed by atoms with Crippen molar-refractivity contribution in [3.63, 3.8) is 0 Å². The second-order valence-corrected chi connectivity index (χ2v) is 16.0. The fraction of sp³-hybridized carbons (Fsp3) is 0.286. The van der Waals surface area contributed by atoms with E-state index in [9.17, 15) is 33.0 Å². The molecule has 7 N–H and O–H groups in total. The average molecular weight is 811 g/mol. The molecule has 304 valence electrons. The summed E-state index contributed by atoms with van der Waals surface area (Å²) in [6, 6.07) is 18.9. The van der Waals surface area contributed by atoms with Crippen molar-refractivity contribution in [2.75, 3.05) is 51.0 Å². The number of rotatable bonds is 17. The Morgan fingerprint density at radius 2 is 1.81 bits per heavy atom. The number of nitrogens with one attached hydrogen (secondary N) is 3. The van der Waals surface area contributed by atoms with Crippen LogP contribution in [0.15, 0.2) is 88.8 Å². The lowest BCUT2D eigenvalue weighted by atomic mass is 10.0. The van der Waals surface area contributed by atoms with Gasteiger partial charge in [0.25, 0.3) is 17.7 Å². The molecule has 5 aromatic rings. The summed E-state index contributed by atoms with van der Waals surface area (Å²) in [6.45, 7) is 2.89. The number of fused-ring (bicyclic) bond motifs is 2. The number of hydrogen-bond acceptors (Lipinski definition) is 12. The van der Waals surface area contributed by atoms with Gasteiger partial charge >= 0.3 is 0 Å². The lowest BCUT2D eigenvalue weighted by Crippen LogP contribution is -2.28. The third-order valence-corrected chi connectivity index (χ3v) is 11.6. The predicted octanol–water partition coefficient (Wildman–Crippen LogP) is 5.22. The van der Waals surface area contributed by atoms with Gasteiger partial charge in [0.05, 0.1) is 39.8 Å². The minimum atomic E-state index is -4.14. The first-order chi connectivity index (χ1) is 27.8. The Bertz CT molecular complexity index is 2480. The van der Waals surface area contributed by atoms with Gasteiger partial charge in [0.1, 0.15) is 17.2 Å². The predicted molar refractivity (Wildman–Crippen MR) is 219 cm³/mol. The van der Waals surface area contributed by atoms with Gasteiger partial charge in [-0.3, -0.25) is 19.4 Å². The molecule has 1 unspecified atom stereocenters. The third-order valence-electron chi connectivity index (χ3n) is 9.86. The van der Waals surface area contributed by atoms with Crippen LogP contribution in [0.5, 0.6) is 17.2 Å². The summed E-state index contributed by atoms with van der Waals surface area (Å²) in [6.07, 6.45) is 3.73. The number of nitrogens with two attached hydrogens (primary N) is 1. The van der Waals surface area contributed by atoms with E-state index in [-0.39, 0.29) is 63.1 Å². The smallest absolute Gasteiger partial charge is 0.262 e. The fourth-order valence-electron chi connectivity index (χ4n) is 6.76. The number of carbonyl (C=O) groups is 3. The number of aryl methyl sites for hydroxylation is 1. The quantitative estimate of drug-likeness (QED) is 0.0526. The molecule has 1 aliphatic heterocycles. The van der Waals surface area contributed by atoms with Crippen molar-refractivity contribution < 1.29 is 42.5 Å². The van der Waals surface area contributed by atoms with E-state index in [0.717, 1.165) is 25.7 Å². The molecule has 6 rings (SSSR count). The van der Waals surface area contributed by atoms with Crippen LogP contribution in [-0.4, -0.2) is 86.6 Å². The van der Waals surface area contributed by atoms with E-state index in [0.29, 0.717) is 52.2 Å². The maximum Gasteiger partial charge on any atom is 0.262 e. The van der Waals surface area contributed by atoms with Crippen molar-refractivity contribution in [2.45, 2.75) is 48.5 Å². The molecule has 1 aromatic heterocycles. The minimum absolute atomic E-state index is 0.0418. The Morgan fingerprint density at radius 3 is 2.59 bits per heavy atom. The minimum Gasteiger partial charge on any atom is -0.506 e. The summed E-state index contributed by atoms with van der Waals surface area (Å²) in [4.78, 5) is 43.5. The highest BCUT2D eigenvalue weighted by atomic mass is 32.2. The van der Waals surface area contributed by atoms with Crippen LogP contribution in [0.1, 0.15) is 63.6 Å². The van der Waals surface area contributed by atoms with E-state index >= 15 is 0 Å². The van der Waals surface area contributed by atoms with E-state index in [1.165, 1.54) is 49.7 Å². The zero-order valence-electron chi connectivity index (χ0n) is 32.4. The molecule has 0 saturated heterocycles. The highest BCUT2D eigenvalue weighted by Crippen LogP contribution is 2.41. The second kappa shape index (κ2) is 17.9. The molecule has 0 radical (unpaired) electrons. The number of aliphatic hydroxyl groups is 1. The number of unbranched alkanes of at least 4 members (excludes halogenated alkanes) is 3. The van der Waals surface area contributed by atoms with Gasteiger partial charge in [0.2, 0.25) is 9.84 Å². The maximum absolute atomic E-state index is 14.1. The number of primary amides is 1. The van der Waals surface area contributed by atoms with Crippen molar-refractivity contribution in [1.82, 2.24) is 15.2 Å². The number of nitrogens with zero attached hydrogens (tertiary/aromatic N) is 2. The van der Waals surface area contributed by atoms with Crippen molar-refractivity contribution in [1.29, 1.82) is 0 Å². The molecule has 0 fully saturated rings. The number of aliphatic hydroxyl groups excluding tert-OH is 1. The molecule has 0 aliphatic carbocycles. The zero-order valence-corrected chi connectivity index (χ0v) is 33.2. The van der Waals surface area contributed by atoms with Crippen LogP contribution in [0.25, 0.3) is 10.9 Å². The van der Waals surface area contributed by atoms with Gasteiger partial charge in [-0.25, -0.2) is 8.42 Å². The van der Waals surface area contributed by atoms with Gasteiger partial charge in [-0.05, 0) is 86.5 Å². The Kier molecular flexibility index (Phi) is 12.8. The number of pyridine rings is 1. The number of methoxy groups -OCH3 is 1. The molecular weight excluding hydrogens is 765 g/mol. The lowest BCUT2D eigenvalue weighted by molar-refractivity contribution is -0.118. The number of anilines is 3. The molecule has 0 saturated carbocycles. The molecule has 3 amide bonds. The first kappa shape index (κ1) is 41.4. The van der Waals surface area contributed by atoms with Gasteiger partial charge in [-0.15, -0.1) is 0 Å². The van der Waals surface area contributed by atoms with E-state index in [4.69, 9.17) is 15.2 Å². The van der Waals surface area contributed by atoms with Crippen LogP contribution < -0.4 is 31.2 Å². The number of hydrogen-bond donors (Lipinski definition) is 6. The molecule has 15 nitrogen and oxygen atoms in total. The van der Waals surface area contributed by atoms with Crippen LogP contribution in [-0.2, 0) is 14.6 Å². The first-order valence-corrected chi connectivity index (χ1v) is 20.2. The zero-order chi connectivity index (χ0) is 41.6. The fourth-order valence-corrected chi connectivity index (χ4v) is 8.18. The number of sulfone groups is 1. The van der Waals surface area contributed by atoms with Gasteiger partial charge in [0, 0.05) is 54.6 Å². The highest BCUT2D eigenvalue weighted by molar-refractivity contribution is 7.91. The molecule has 0 bridgehead atoms. The van der Waals surface area contributed by atoms with Crippen molar-refractivity contribution in [2.24, 2.45) is 5.73 Å². The van der Waals surface area contributed by atoms with E-state index in [1.807, 2.05) is 0 Å². The molecule has 2 heterocycles. The van der Waals surface area contributed by atoms with E-state index in [1.54, 1.807) is 55.3 Å². The maximum atomic E-state index is 14.1. The first-order valence-electron chi connectivity index (χ1n) is 18.7. The standard InChI is InChI=1S/C42H46N6O9S/c1-25-18-30(21-32-37(25)45-22-33(41(43)52)38(32)46-27-11-9-12-28(20-27)56-3)58(54,55)29-13-8-10-26(19-29)42(53)48(2)17-7-5-4-6-16-44-23-35(50)31-14-15-34(49)39-40(31)57-24-36(51)47-39/h8-15,18-22,35,44,49-50H,4-7,16-17,23-24H2,1-3H3,(H2,43,52)(H,45,46)(H,47,51). The van der Waals surface area contributed by atoms with Crippen LogP contribution in [0.2, 0.25) is 0 Å². The number of amides is 3. The van der Waals surface area contributed by atoms with Crippen LogP contribution in [0.3, 0.4) is 0 Å². The number of aromatic hydroxyl groups is 1. The second-order valence-electron chi connectivity index (χ2n) is 14.0. The molecular formula is C42H46N6O9S. The summed E-state index contributed by atoms with van der Waals surface area (Å²) in [5, 5.41) is 30.1. The summed E-state index contributed by atoms with van der Waals surface area (Å²) >= 11 is 0. The van der Waals surface area contributed by atoms with E-state index in [2.05, 4.69) is 20.9 Å². The number of aromatic nitrogens is 1. The SMILES string of the molecule is COc1cccc(Nc2c(C(N)=O)cnc3c(C)cc(S(=O)(=O)c4cccc(C(=O)N(C)CCCCCCNCC(O)c5ccc(O)c6c5OCC(=O)N6)c4)cc23)c1.